The SMILES string of the molecule is Cc1noc(C)c1CNCCCn1ccnc1. The van der Waals surface area contributed by atoms with Crippen LogP contribution in [0.2, 0.25) is 0 Å². The van der Waals surface area contributed by atoms with Crippen LogP contribution in [0.15, 0.2) is 23.2 Å². The van der Waals surface area contributed by atoms with Gasteiger partial charge in [0.1, 0.15) is 5.76 Å². The minimum absolute atomic E-state index is 0.824. The molecule has 0 amide bonds. The van der Waals surface area contributed by atoms with Crippen molar-refractivity contribution in [1.29, 1.82) is 0 Å². The molecule has 0 aromatic carbocycles. The van der Waals surface area contributed by atoms with E-state index < -0.39 is 0 Å². The number of nitrogens with zero attached hydrogens (tertiary/aromatic N) is 3. The fourth-order valence-electron chi connectivity index (χ4n) is 1.77. The summed E-state index contributed by atoms with van der Waals surface area (Å²) in [5.74, 6) is 0.907. The van der Waals surface area contributed by atoms with Crippen LogP contribution in [0.5, 0.6) is 0 Å². The van der Waals surface area contributed by atoms with E-state index in [-0.39, 0.29) is 0 Å². The van der Waals surface area contributed by atoms with Crippen molar-refractivity contribution in [2.45, 2.75) is 33.4 Å². The van der Waals surface area contributed by atoms with Crippen molar-refractivity contribution in [3.63, 3.8) is 0 Å². The molecule has 92 valence electrons. The molecule has 0 fully saturated rings. The highest BCUT2D eigenvalue weighted by Crippen LogP contribution is 2.11. The van der Waals surface area contributed by atoms with Crippen LogP contribution in [-0.4, -0.2) is 21.3 Å². The predicted molar refractivity (Wildman–Crippen MR) is 64.5 cm³/mol. The summed E-state index contributed by atoms with van der Waals surface area (Å²) < 4.78 is 7.19. The Bertz CT molecular complexity index is 428. The van der Waals surface area contributed by atoms with E-state index in [0.29, 0.717) is 0 Å². The highest BCUT2D eigenvalue weighted by Gasteiger charge is 2.07. The Hall–Kier alpha value is -1.62. The molecule has 2 aromatic heterocycles. The van der Waals surface area contributed by atoms with Crippen molar-refractivity contribution in [1.82, 2.24) is 20.0 Å². The fraction of sp³-hybridized carbons (Fsp3) is 0.500. The normalized spacial score (nSPS) is 10.9. The third-order valence-electron chi connectivity index (χ3n) is 2.81. The lowest BCUT2D eigenvalue weighted by atomic mass is 10.2. The molecule has 0 atom stereocenters. The molecule has 0 saturated carbocycles. The first-order chi connectivity index (χ1) is 8.27. The van der Waals surface area contributed by atoms with E-state index in [1.165, 1.54) is 5.56 Å². The van der Waals surface area contributed by atoms with Crippen LogP contribution in [-0.2, 0) is 13.1 Å². The largest absolute Gasteiger partial charge is 0.361 e. The molecule has 17 heavy (non-hydrogen) atoms. The van der Waals surface area contributed by atoms with Crippen LogP contribution in [0.1, 0.15) is 23.4 Å². The minimum Gasteiger partial charge on any atom is -0.361 e. The van der Waals surface area contributed by atoms with E-state index >= 15 is 0 Å². The highest BCUT2D eigenvalue weighted by atomic mass is 16.5. The lowest BCUT2D eigenvalue weighted by Gasteiger charge is -2.05. The van der Waals surface area contributed by atoms with Crippen LogP contribution in [0.3, 0.4) is 0 Å². The number of imidazole rings is 1. The molecule has 0 saturated heterocycles. The monoisotopic (exact) mass is 234 g/mol. The Kier molecular flexibility index (Phi) is 3.93. The van der Waals surface area contributed by atoms with Crippen LogP contribution < -0.4 is 5.32 Å². The van der Waals surface area contributed by atoms with E-state index in [1.807, 2.05) is 26.4 Å². The summed E-state index contributed by atoms with van der Waals surface area (Å²) in [5.41, 5.74) is 2.15. The average molecular weight is 234 g/mol. The molecule has 0 aliphatic carbocycles. The molecule has 2 aromatic rings. The van der Waals surface area contributed by atoms with Gasteiger partial charge in [-0.15, -0.1) is 0 Å². The number of aromatic nitrogens is 3. The zero-order chi connectivity index (χ0) is 12.1. The highest BCUT2D eigenvalue weighted by molar-refractivity contribution is 5.20. The molecule has 5 nitrogen and oxygen atoms in total. The first-order valence-corrected chi connectivity index (χ1v) is 5.85. The number of nitrogens with one attached hydrogen (secondary N) is 1. The van der Waals surface area contributed by atoms with Crippen molar-refractivity contribution >= 4 is 0 Å². The molecule has 5 heteroatoms. The summed E-state index contributed by atoms with van der Waals surface area (Å²) in [5, 5.41) is 7.33. The van der Waals surface area contributed by atoms with Crippen molar-refractivity contribution < 1.29 is 4.52 Å². The number of aryl methyl sites for hydroxylation is 3. The van der Waals surface area contributed by atoms with Crippen LogP contribution in [0.4, 0.5) is 0 Å². The Balaban J connectivity index is 1.67. The van der Waals surface area contributed by atoms with Crippen LogP contribution in [0, 0.1) is 13.8 Å². The van der Waals surface area contributed by atoms with Gasteiger partial charge < -0.3 is 14.4 Å². The lowest BCUT2D eigenvalue weighted by molar-refractivity contribution is 0.391. The maximum absolute atomic E-state index is 5.11. The zero-order valence-corrected chi connectivity index (χ0v) is 10.3. The standard InChI is InChI=1S/C12H18N4O/c1-10-12(11(2)17-15-10)8-13-4-3-6-16-7-5-14-9-16/h5,7,9,13H,3-4,6,8H2,1-2H3. The van der Waals surface area contributed by atoms with Gasteiger partial charge in [0, 0.05) is 31.0 Å². The summed E-state index contributed by atoms with van der Waals surface area (Å²) in [6.07, 6.45) is 6.71. The van der Waals surface area contributed by atoms with E-state index in [1.54, 1.807) is 6.20 Å². The second-order valence-electron chi connectivity index (χ2n) is 4.13. The lowest BCUT2D eigenvalue weighted by Crippen LogP contribution is -2.17. The molecule has 0 unspecified atom stereocenters. The molecule has 0 aliphatic heterocycles. The summed E-state index contributed by atoms with van der Waals surface area (Å²) in [6.45, 7) is 6.71. The third-order valence-corrected chi connectivity index (χ3v) is 2.81. The number of hydrogen-bond acceptors (Lipinski definition) is 4. The van der Waals surface area contributed by atoms with Crippen molar-refractivity contribution in [3.05, 3.63) is 35.7 Å². The van der Waals surface area contributed by atoms with Crippen LogP contribution in [0.25, 0.3) is 0 Å². The van der Waals surface area contributed by atoms with Crippen LogP contribution >= 0.6 is 0 Å². The van der Waals surface area contributed by atoms with E-state index in [4.69, 9.17) is 4.52 Å². The van der Waals surface area contributed by atoms with Gasteiger partial charge in [0.05, 0.1) is 12.0 Å². The Labute approximate surface area is 101 Å². The molecular weight excluding hydrogens is 216 g/mol. The Morgan fingerprint density at radius 3 is 2.94 bits per heavy atom. The van der Waals surface area contributed by atoms with E-state index in [9.17, 15) is 0 Å². The summed E-state index contributed by atoms with van der Waals surface area (Å²) in [4.78, 5) is 4.01. The molecular formula is C12H18N4O. The zero-order valence-electron chi connectivity index (χ0n) is 10.3. The second kappa shape index (κ2) is 5.63. The van der Waals surface area contributed by atoms with Gasteiger partial charge in [-0.25, -0.2) is 4.98 Å². The molecule has 0 spiro atoms. The fourth-order valence-corrected chi connectivity index (χ4v) is 1.77. The van der Waals surface area contributed by atoms with Crippen molar-refractivity contribution in [2.75, 3.05) is 6.54 Å². The maximum atomic E-state index is 5.11. The smallest absolute Gasteiger partial charge is 0.138 e. The van der Waals surface area contributed by atoms with Gasteiger partial charge in [-0.1, -0.05) is 5.16 Å². The topological polar surface area (TPSA) is 55.9 Å². The van der Waals surface area contributed by atoms with Gasteiger partial charge >= 0.3 is 0 Å². The number of rotatable bonds is 6. The van der Waals surface area contributed by atoms with E-state index in [0.717, 1.165) is 37.5 Å². The van der Waals surface area contributed by atoms with Crippen molar-refractivity contribution in [3.8, 4) is 0 Å². The second-order valence-corrected chi connectivity index (χ2v) is 4.13. The van der Waals surface area contributed by atoms with Gasteiger partial charge in [0.2, 0.25) is 0 Å². The quantitative estimate of drug-likeness (QED) is 0.772. The molecule has 1 N–H and O–H groups in total. The van der Waals surface area contributed by atoms with Gasteiger partial charge in [0.15, 0.2) is 0 Å². The molecule has 0 radical (unpaired) electrons. The van der Waals surface area contributed by atoms with E-state index in [2.05, 4.69) is 20.0 Å². The third kappa shape index (κ3) is 3.17. The molecule has 0 bridgehead atoms. The summed E-state index contributed by atoms with van der Waals surface area (Å²) in [7, 11) is 0. The van der Waals surface area contributed by atoms with Gasteiger partial charge in [-0.2, -0.15) is 0 Å². The minimum atomic E-state index is 0.824. The molecule has 2 heterocycles. The first kappa shape index (κ1) is 11.9. The van der Waals surface area contributed by atoms with Gasteiger partial charge in [-0.05, 0) is 26.8 Å². The summed E-state index contributed by atoms with van der Waals surface area (Å²) in [6, 6.07) is 0. The Morgan fingerprint density at radius 1 is 1.41 bits per heavy atom. The first-order valence-electron chi connectivity index (χ1n) is 5.85. The maximum Gasteiger partial charge on any atom is 0.138 e. The predicted octanol–water partition coefficient (Wildman–Crippen LogP) is 1.67. The van der Waals surface area contributed by atoms with Crippen molar-refractivity contribution in [2.24, 2.45) is 0 Å². The average Bonchev–Trinajstić information content (AvgIpc) is 2.92. The number of hydrogen-bond donors (Lipinski definition) is 1. The van der Waals surface area contributed by atoms with Gasteiger partial charge in [0.25, 0.3) is 0 Å². The molecule has 2 rings (SSSR count). The van der Waals surface area contributed by atoms with Gasteiger partial charge in [-0.3, -0.25) is 0 Å². The Morgan fingerprint density at radius 2 is 2.29 bits per heavy atom. The molecule has 0 aliphatic rings. The summed E-state index contributed by atoms with van der Waals surface area (Å²) >= 11 is 0.